The van der Waals surface area contributed by atoms with Crippen molar-refractivity contribution in [1.29, 1.82) is 0 Å². The summed E-state index contributed by atoms with van der Waals surface area (Å²) in [4.78, 5) is 12.5. The van der Waals surface area contributed by atoms with Crippen LogP contribution in [0, 0.1) is 17.7 Å². The van der Waals surface area contributed by atoms with Gasteiger partial charge in [0, 0.05) is 23.8 Å². The molecule has 0 N–H and O–H groups in total. The first-order valence-electron chi connectivity index (χ1n) is 7.38. The lowest BCUT2D eigenvalue weighted by Crippen LogP contribution is -2.31. The third-order valence-electron chi connectivity index (χ3n) is 4.15. The van der Waals surface area contributed by atoms with Crippen molar-refractivity contribution in [3.8, 4) is 0 Å². The van der Waals surface area contributed by atoms with Crippen molar-refractivity contribution in [2.45, 2.75) is 26.8 Å². The van der Waals surface area contributed by atoms with Crippen LogP contribution in [0.3, 0.4) is 0 Å². The quantitative estimate of drug-likeness (QED) is 0.795. The summed E-state index contributed by atoms with van der Waals surface area (Å²) in [6, 6.07) is 4.49. The van der Waals surface area contributed by atoms with Gasteiger partial charge in [-0.15, -0.1) is 0 Å². The number of Topliss-reactive ketones (excluding diaryl/α,β-unsaturated/α-hetero) is 1. The molecule has 1 aliphatic heterocycles. The molecule has 1 fully saturated rings. The van der Waals surface area contributed by atoms with Gasteiger partial charge in [-0.25, -0.2) is 4.39 Å². The zero-order valence-corrected chi connectivity index (χ0v) is 12.3. The van der Waals surface area contributed by atoms with E-state index < -0.39 is 0 Å². The fraction of sp³-hybridized carbons (Fsp3) is 0.500. The van der Waals surface area contributed by atoms with E-state index >= 15 is 0 Å². The van der Waals surface area contributed by atoms with Gasteiger partial charge in [0.1, 0.15) is 11.5 Å². The molecule has 0 saturated carbocycles. The van der Waals surface area contributed by atoms with E-state index in [1.165, 1.54) is 12.1 Å². The van der Waals surface area contributed by atoms with Crippen LogP contribution in [0.4, 0.5) is 4.39 Å². The van der Waals surface area contributed by atoms with Gasteiger partial charge in [-0.1, -0.05) is 13.8 Å². The van der Waals surface area contributed by atoms with Gasteiger partial charge in [-0.2, -0.15) is 5.10 Å². The number of hydrogen-bond donors (Lipinski definition) is 0. The molecule has 1 saturated heterocycles. The molecule has 0 spiro atoms. The average molecular weight is 290 g/mol. The van der Waals surface area contributed by atoms with Crippen molar-refractivity contribution < 1.29 is 13.9 Å². The van der Waals surface area contributed by atoms with E-state index in [2.05, 4.69) is 5.10 Å². The summed E-state index contributed by atoms with van der Waals surface area (Å²) in [5.74, 6) is 0.0327. The molecule has 1 aliphatic rings. The molecule has 112 valence electrons. The molecule has 1 aromatic carbocycles. The number of rotatable bonds is 5. The van der Waals surface area contributed by atoms with Crippen LogP contribution in [0.2, 0.25) is 0 Å². The fourth-order valence-corrected chi connectivity index (χ4v) is 2.52. The smallest absolute Gasteiger partial charge is 0.186 e. The molecule has 0 radical (unpaired) electrons. The highest BCUT2D eigenvalue weighted by Crippen LogP contribution is 2.25. The lowest BCUT2D eigenvalue weighted by molar-refractivity contribution is -0.0403. The van der Waals surface area contributed by atoms with Gasteiger partial charge < -0.3 is 4.74 Å². The minimum absolute atomic E-state index is 0.0257. The minimum atomic E-state index is -0.309. The second-order valence-corrected chi connectivity index (χ2v) is 5.77. The number of carbonyl (C=O) groups is 1. The molecule has 0 amide bonds. The van der Waals surface area contributed by atoms with E-state index in [0.717, 1.165) is 11.8 Å². The first kappa shape index (κ1) is 14.2. The number of aromatic nitrogens is 2. The number of ether oxygens (including phenoxy) is 1. The number of benzene rings is 1. The second-order valence-electron chi connectivity index (χ2n) is 5.77. The van der Waals surface area contributed by atoms with Crippen molar-refractivity contribution in [3.05, 3.63) is 29.7 Å². The lowest BCUT2D eigenvalue weighted by atomic mass is 9.99. The Balaban J connectivity index is 2.05. The number of carbonyl (C=O) groups excluding carboxylic acids is 1. The summed E-state index contributed by atoms with van der Waals surface area (Å²) in [7, 11) is 0. The highest BCUT2D eigenvalue weighted by molar-refractivity contribution is 6.06. The maximum Gasteiger partial charge on any atom is 0.186 e. The number of hydrogen-bond acceptors (Lipinski definition) is 3. The monoisotopic (exact) mass is 290 g/mol. The Morgan fingerprint density at radius 2 is 2.29 bits per heavy atom. The van der Waals surface area contributed by atoms with E-state index in [1.54, 1.807) is 10.7 Å². The van der Waals surface area contributed by atoms with Gasteiger partial charge in [0.05, 0.1) is 18.7 Å². The van der Waals surface area contributed by atoms with Gasteiger partial charge >= 0.3 is 0 Å². The predicted molar refractivity (Wildman–Crippen MR) is 77.8 cm³/mol. The van der Waals surface area contributed by atoms with Crippen molar-refractivity contribution in [1.82, 2.24) is 9.78 Å². The first-order chi connectivity index (χ1) is 10.1. The van der Waals surface area contributed by atoms with E-state index in [4.69, 9.17) is 4.74 Å². The number of halogens is 1. The van der Waals surface area contributed by atoms with Gasteiger partial charge in [-0.05, 0) is 24.6 Å². The van der Waals surface area contributed by atoms with Crippen LogP contribution >= 0.6 is 0 Å². The maximum absolute atomic E-state index is 13.5. The third kappa shape index (κ3) is 2.58. The molecule has 3 rings (SSSR count). The van der Waals surface area contributed by atoms with Crippen molar-refractivity contribution >= 4 is 16.7 Å². The summed E-state index contributed by atoms with van der Waals surface area (Å²) in [5, 5.41) is 5.20. The van der Waals surface area contributed by atoms with Crippen LogP contribution in [-0.4, -0.2) is 28.8 Å². The molecule has 1 unspecified atom stereocenters. The largest absolute Gasteiger partial charge is 0.381 e. The fourth-order valence-electron chi connectivity index (χ4n) is 2.52. The van der Waals surface area contributed by atoms with Crippen LogP contribution in [0.25, 0.3) is 10.9 Å². The topological polar surface area (TPSA) is 44.1 Å². The van der Waals surface area contributed by atoms with Crippen LogP contribution in [-0.2, 0) is 11.3 Å². The minimum Gasteiger partial charge on any atom is -0.381 e. The molecule has 1 aromatic heterocycles. The summed E-state index contributed by atoms with van der Waals surface area (Å²) in [5.41, 5.74) is 1.15. The van der Waals surface area contributed by atoms with Crippen LogP contribution < -0.4 is 0 Å². The maximum atomic E-state index is 13.5. The summed E-state index contributed by atoms with van der Waals surface area (Å²) >= 11 is 0. The summed E-state index contributed by atoms with van der Waals surface area (Å²) < 4.78 is 20.5. The molecule has 4 nitrogen and oxygen atoms in total. The van der Waals surface area contributed by atoms with Gasteiger partial charge in [0.2, 0.25) is 0 Å². The van der Waals surface area contributed by atoms with Gasteiger partial charge in [0.25, 0.3) is 0 Å². The van der Waals surface area contributed by atoms with E-state index in [-0.39, 0.29) is 17.5 Å². The zero-order valence-electron chi connectivity index (χ0n) is 12.3. The molecule has 21 heavy (non-hydrogen) atoms. The first-order valence-corrected chi connectivity index (χ1v) is 7.38. The second kappa shape index (κ2) is 5.56. The molecular formula is C16H19FN2O2. The van der Waals surface area contributed by atoms with Crippen LogP contribution in [0.1, 0.15) is 30.8 Å². The number of ketones is 1. The SMILES string of the molecule is CCC(C)C(=O)c1nn(CC2COC2)c2cc(F)ccc12. The molecule has 1 atom stereocenters. The van der Waals surface area contributed by atoms with Gasteiger partial charge in [0.15, 0.2) is 5.78 Å². The average Bonchev–Trinajstić information content (AvgIpc) is 2.79. The Morgan fingerprint density at radius 1 is 1.52 bits per heavy atom. The third-order valence-corrected chi connectivity index (χ3v) is 4.15. The molecular weight excluding hydrogens is 271 g/mol. The van der Waals surface area contributed by atoms with Crippen LogP contribution in [0.15, 0.2) is 18.2 Å². The van der Waals surface area contributed by atoms with E-state index in [1.807, 2.05) is 13.8 Å². The molecule has 2 aromatic rings. The Morgan fingerprint density at radius 3 is 2.90 bits per heavy atom. The number of nitrogens with zero attached hydrogens (tertiary/aromatic N) is 2. The molecule has 2 heterocycles. The van der Waals surface area contributed by atoms with Crippen molar-refractivity contribution in [3.63, 3.8) is 0 Å². The highest BCUT2D eigenvalue weighted by Gasteiger charge is 2.24. The van der Waals surface area contributed by atoms with Crippen LogP contribution in [0.5, 0.6) is 0 Å². The molecule has 0 aliphatic carbocycles. The predicted octanol–water partition coefficient (Wildman–Crippen LogP) is 3.05. The Bertz CT molecular complexity index is 676. The standard InChI is InChI=1S/C16H19FN2O2/c1-3-10(2)16(20)15-13-5-4-12(17)6-14(13)19(18-15)7-11-8-21-9-11/h4-6,10-11H,3,7-9H2,1-2H3. The Labute approximate surface area is 122 Å². The zero-order chi connectivity index (χ0) is 15.0. The highest BCUT2D eigenvalue weighted by atomic mass is 19.1. The van der Waals surface area contributed by atoms with E-state index in [0.29, 0.717) is 36.9 Å². The van der Waals surface area contributed by atoms with Gasteiger partial charge in [-0.3, -0.25) is 9.48 Å². The molecule has 0 bridgehead atoms. The Hall–Kier alpha value is -1.75. The van der Waals surface area contributed by atoms with Crippen molar-refractivity contribution in [2.24, 2.45) is 11.8 Å². The molecule has 5 heteroatoms. The van der Waals surface area contributed by atoms with Crippen molar-refractivity contribution in [2.75, 3.05) is 13.2 Å². The van der Waals surface area contributed by atoms with E-state index in [9.17, 15) is 9.18 Å². The normalized spacial score (nSPS) is 16.9. The summed E-state index contributed by atoms with van der Waals surface area (Å²) in [6.07, 6.45) is 0.769. The Kier molecular flexibility index (Phi) is 3.76. The lowest BCUT2D eigenvalue weighted by Gasteiger charge is -2.25. The summed E-state index contributed by atoms with van der Waals surface area (Å²) in [6.45, 7) is 5.94. The number of fused-ring (bicyclic) bond motifs is 1.